The fraction of sp³-hybridized carbons (Fsp3) is 0.320. The minimum Gasteiger partial charge on any atom is -0.497 e. The number of aromatic nitrogens is 2. The van der Waals surface area contributed by atoms with E-state index < -0.39 is 0 Å². The molecule has 2 aliphatic rings. The molecule has 0 saturated heterocycles. The Bertz CT molecular complexity index is 1230. The van der Waals surface area contributed by atoms with Crippen LogP contribution in [0.15, 0.2) is 42.5 Å². The highest BCUT2D eigenvalue weighted by molar-refractivity contribution is 5.96. The van der Waals surface area contributed by atoms with E-state index in [1.165, 1.54) is 0 Å². The van der Waals surface area contributed by atoms with Crippen molar-refractivity contribution in [3.05, 3.63) is 70.5 Å². The van der Waals surface area contributed by atoms with Crippen molar-refractivity contribution in [2.24, 2.45) is 0 Å². The second-order valence-corrected chi connectivity index (χ2v) is 8.17. The maximum atomic E-state index is 13.2. The topological polar surface area (TPSA) is 94.9 Å². The van der Waals surface area contributed by atoms with E-state index in [2.05, 4.69) is 10.4 Å². The van der Waals surface area contributed by atoms with Crippen LogP contribution >= 0.6 is 0 Å². The molecule has 0 unspecified atom stereocenters. The van der Waals surface area contributed by atoms with Crippen molar-refractivity contribution in [1.29, 1.82) is 0 Å². The first-order valence-corrected chi connectivity index (χ1v) is 11.3. The monoisotopic (exact) mass is 462 g/mol. The highest BCUT2D eigenvalue weighted by atomic mass is 16.7. The van der Waals surface area contributed by atoms with Crippen LogP contribution < -0.4 is 19.5 Å². The van der Waals surface area contributed by atoms with Gasteiger partial charge in [-0.25, -0.2) is 0 Å². The molecule has 2 aliphatic heterocycles. The lowest BCUT2D eigenvalue weighted by molar-refractivity contribution is 0.0730. The summed E-state index contributed by atoms with van der Waals surface area (Å²) >= 11 is 0. The first-order chi connectivity index (χ1) is 16.6. The second-order valence-electron chi connectivity index (χ2n) is 8.17. The number of ether oxygens (including phenoxy) is 3. The number of aryl methyl sites for hydroxylation is 1. The van der Waals surface area contributed by atoms with Gasteiger partial charge in [0.1, 0.15) is 5.75 Å². The lowest BCUT2D eigenvalue weighted by Gasteiger charge is -2.28. The smallest absolute Gasteiger partial charge is 0.272 e. The van der Waals surface area contributed by atoms with Crippen molar-refractivity contribution in [3.63, 3.8) is 0 Å². The molecule has 0 bridgehead atoms. The Morgan fingerprint density at radius 2 is 1.91 bits per heavy atom. The predicted octanol–water partition coefficient (Wildman–Crippen LogP) is 2.77. The van der Waals surface area contributed by atoms with E-state index in [-0.39, 0.29) is 18.6 Å². The van der Waals surface area contributed by atoms with E-state index in [0.29, 0.717) is 55.4 Å². The molecule has 0 spiro atoms. The van der Waals surface area contributed by atoms with E-state index in [1.54, 1.807) is 30.2 Å². The largest absolute Gasteiger partial charge is 0.497 e. The molecule has 1 N–H and O–H groups in total. The lowest BCUT2D eigenvalue weighted by atomic mass is 10.0. The van der Waals surface area contributed by atoms with Gasteiger partial charge < -0.3 is 24.4 Å². The Morgan fingerprint density at radius 1 is 1.12 bits per heavy atom. The Balaban J connectivity index is 1.33. The maximum Gasteiger partial charge on any atom is 0.272 e. The van der Waals surface area contributed by atoms with Gasteiger partial charge in [0, 0.05) is 42.9 Å². The van der Waals surface area contributed by atoms with E-state index in [4.69, 9.17) is 14.2 Å². The van der Waals surface area contributed by atoms with Crippen molar-refractivity contribution in [2.45, 2.75) is 33.0 Å². The molecular weight excluding hydrogens is 436 g/mol. The molecule has 9 nitrogen and oxygen atoms in total. The van der Waals surface area contributed by atoms with Crippen LogP contribution in [0.1, 0.15) is 44.6 Å². The molecular formula is C25H26N4O5. The summed E-state index contributed by atoms with van der Waals surface area (Å²) in [6.07, 6.45) is 0.637. The molecule has 176 valence electrons. The fourth-order valence-electron chi connectivity index (χ4n) is 4.33. The third-order valence-electron chi connectivity index (χ3n) is 6.17. The van der Waals surface area contributed by atoms with Crippen LogP contribution in [0.5, 0.6) is 17.2 Å². The fourth-order valence-corrected chi connectivity index (χ4v) is 4.33. The van der Waals surface area contributed by atoms with Crippen molar-refractivity contribution in [1.82, 2.24) is 20.0 Å². The summed E-state index contributed by atoms with van der Waals surface area (Å²) in [4.78, 5) is 28.0. The van der Waals surface area contributed by atoms with Crippen LogP contribution in [-0.4, -0.2) is 46.9 Å². The Hall–Kier alpha value is -4.01. The normalized spacial score (nSPS) is 14.0. The number of fused-ring (bicyclic) bond motifs is 2. The van der Waals surface area contributed by atoms with Crippen LogP contribution in [0.4, 0.5) is 0 Å². The summed E-state index contributed by atoms with van der Waals surface area (Å²) in [5.74, 6) is 1.60. The number of nitrogens with zero attached hydrogens (tertiary/aromatic N) is 3. The number of amides is 2. The zero-order chi connectivity index (χ0) is 23.7. The summed E-state index contributed by atoms with van der Waals surface area (Å²) < 4.78 is 17.8. The van der Waals surface area contributed by atoms with Crippen LogP contribution in [0.2, 0.25) is 0 Å². The molecule has 3 heterocycles. The number of hydrogen-bond donors (Lipinski definition) is 1. The average molecular weight is 463 g/mol. The van der Waals surface area contributed by atoms with Gasteiger partial charge in [-0.2, -0.15) is 5.10 Å². The standard InChI is InChI=1S/C25H26N4O5/c1-3-29-20-10-11-28(25(31)17-6-9-21-22(12-17)34-15-33-21)14-19(20)23(27-29)24(30)26-13-16-4-7-18(32-2)8-5-16/h4-9,12H,3,10-11,13-15H2,1-2H3,(H,26,30). The SMILES string of the molecule is CCn1nc(C(=O)NCc2ccc(OC)cc2)c2c1CCN(C(=O)c1ccc3c(c1)OCO3)C2. The molecule has 5 rings (SSSR count). The number of benzene rings is 2. The minimum atomic E-state index is -0.253. The van der Waals surface area contributed by atoms with Crippen molar-refractivity contribution in [2.75, 3.05) is 20.4 Å². The number of hydrogen-bond acceptors (Lipinski definition) is 6. The number of nitrogens with one attached hydrogen (secondary N) is 1. The third-order valence-corrected chi connectivity index (χ3v) is 6.17. The number of methoxy groups -OCH3 is 1. The van der Waals surface area contributed by atoms with Crippen LogP contribution in [0.25, 0.3) is 0 Å². The Kier molecular flexibility index (Phi) is 5.83. The van der Waals surface area contributed by atoms with Crippen LogP contribution in [0.3, 0.4) is 0 Å². The molecule has 0 saturated carbocycles. The molecule has 2 aromatic carbocycles. The van der Waals surface area contributed by atoms with Crippen molar-refractivity contribution < 1.29 is 23.8 Å². The minimum absolute atomic E-state index is 0.113. The molecule has 0 radical (unpaired) electrons. The lowest BCUT2D eigenvalue weighted by Crippen LogP contribution is -2.37. The molecule has 2 amide bonds. The zero-order valence-electron chi connectivity index (χ0n) is 19.2. The van der Waals surface area contributed by atoms with Crippen molar-refractivity contribution >= 4 is 11.8 Å². The van der Waals surface area contributed by atoms with Gasteiger partial charge in [0.15, 0.2) is 17.2 Å². The molecule has 0 fully saturated rings. The van der Waals surface area contributed by atoms with Crippen molar-refractivity contribution in [3.8, 4) is 17.2 Å². The van der Waals surface area contributed by atoms with Gasteiger partial charge in [0.05, 0.1) is 13.7 Å². The van der Waals surface area contributed by atoms with Crippen LogP contribution in [0, 0.1) is 0 Å². The third kappa shape index (κ3) is 4.05. The van der Waals surface area contributed by atoms with Gasteiger partial charge in [0.25, 0.3) is 11.8 Å². The Labute approximate surface area is 197 Å². The molecule has 3 aromatic rings. The molecule has 9 heteroatoms. The maximum absolute atomic E-state index is 13.2. The average Bonchev–Trinajstić information content (AvgIpc) is 3.50. The zero-order valence-corrected chi connectivity index (χ0v) is 19.2. The first kappa shape index (κ1) is 21.8. The number of carbonyl (C=O) groups is 2. The van der Waals surface area contributed by atoms with Gasteiger partial charge in [-0.15, -0.1) is 0 Å². The van der Waals surface area contributed by atoms with Gasteiger partial charge in [-0.3, -0.25) is 14.3 Å². The molecule has 34 heavy (non-hydrogen) atoms. The first-order valence-electron chi connectivity index (χ1n) is 11.3. The Morgan fingerprint density at radius 3 is 2.68 bits per heavy atom. The summed E-state index contributed by atoms with van der Waals surface area (Å²) in [6, 6.07) is 12.7. The molecule has 0 aliphatic carbocycles. The van der Waals surface area contributed by atoms with Gasteiger partial charge >= 0.3 is 0 Å². The summed E-state index contributed by atoms with van der Waals surface area (Å²) in [6.45, 7) is 4.06. The van der Waals surface area contributed by atoms with Gasteiger partial charge in [-0.1, -0.05) is 12.1 Å². The summed E-state index contributed by atoms with van der Waals surface area (Å²) in [5.41, 5.74) is 3.66. The summed E-state index contributed by atoms with van der Waals surface area (Å²) in [7, 11) is 1.62. The van der Waals surface area contributed by atoms with Gasteiger partial charge in [-0.05, 0) is 42.8 Å². The van der Waals surface area contributed by atoms with E-state index >= 15 is 0 Å². The van der Waals surface area contributed by atoms with Crippen LogP contribution in [-0.2, 0) is 26.1 Å². The quantitative estimate of drug-likeness (QED) is 0.605. The summed E-state index contributed by atoms with van der Waals surface area (Å²) in [5, 5.41) is 7.53. The number of carbonyl (C=O) groups excluding carboxylic acids is 2. The highest BCUT2D eigenvalue weighted by Crippen LogP contribution is 2.33. The predicted molar refractivity (Wildman–Crippen MR) is 123 cm³/mol. The number of rotatable bonds is 6. The second kappa shape index (κ2) is 9.09. The highest BCUT2D eigenvalue weighted by Gasteiger charge is 2.30. The van der Waals surface area contributed by atoms with Gasteiger partial charge in [0.2, 0.25) is 6.79 Å². The molecule has 0 atom stereocenters. The van der Waals surface area contributed by atoms with E-state index in [1.807, 2.05) is 35.9 Å². The van der Waals surface area contributed by atoms with E-state index in [9.17, 15) is 9.59 Å². The van der Waals surface area contributed by atoms with E-state index in [0.717, 1.165) is 22.6 Å². The molecule has 1 aromatic heterocycles.